The normalized spacial score (nSPS) is 12.5. The molecule has 0 aliphatic heterocycles. The quantitative estimate of drug-likeness (QED) is 0.171. The van der Waals surface area contributed by atoms with Crippen LogP contribution >= 0.6 is 0 Å². The van der Waals surface area contributed by atoms with Gasteiger partial charge in [-0.25, -0.2) is 15.0 Å². The van der Waals surface area contributed by atoms with E-state index in [-0.39, 0.29) is 41.1 Å². The number of nitrogens with zero attached hydrogens (tertiary/aromatic N) is 4. The van der Waals surface area contributed by atoms with E-state index in [1.54, 1.807) is 0 Å². The van der Waals surface area contributed by atoms with Gasteiger partial charge in [0.25, 0.3) is 0 Å². The number of benzene rings is 9. The summed E-state index contributed by atoms with van der Waals surface area (Å²) < 4.78 is 39.2. The van der Waals surface area contributed by atoms with Crippen molar-refractivity contribution in [3.8, 4) is 62.1 Å². The molecule has 0 fully saturated rings. The van der Waals surface area contributed by atoms with Crippen molar-refractivity contribution in [3.63, 3.8) is 0 Å². The van der Waals surface area contributed by atoms with E-state index in [0.29, 0.717) is 17.2 Å². The average molecular weight is 731 g/mol. The van der Waals surface area contributed by atoms with Crippen LogP contribution in [0, 0.1) is 0 Å². The summed E-state index contributed by atoms with van der Waals surface area (Å²) in [6, 6.07) is 60.3. The van der Waals surface area contributed by atoms with Crippen molar-refractivity contribution in [2.24, 2.45) is 0 Å². The van der Waals surface area contributed by atoms with E-state index in [9.17, 15) is 2.74 Å². The summed E-state index contributed by atoms with van der Waals surface area (Å²) in [4.78, 5) is 14.9. The first-order valence-electron chi connectivity index (χ1n) is 20.9. The van der Waals surface area contributed by atoms with Crippen LogP contribution in [0.1, 0.15) is 5.48 Å². The van der Waals surface area contributed by atoms with E-state index < -0.39 is 0 Å². The molecular formula is C53H34N4. The van der Waals surface area contributed by atoms with Crippen molar-refractivity contribution < 1.29 is 5.48 Å². The molecule has 11 rings (SSSR count). The molecule has 4 heteroatoms. The SMILES string of the molecule is [2H]c1c([2H])c(-c2ccc3cc(-c4cccc5ccccc45)ccc3c2)c([2H])c(-c2nc(-c3ccccc3)nc(-c3ccc4c5ccccc5n(-c5ccccc5)c4c3)n2)c1[2H]. The van der Waals surface area contributed by atoms with Gasteiger partial charge >= 0.3 is 0 Å². The zero-order chi connectivity index (χ0) is 41.2. The van der Waals surface area contributed by atoms with Crippen LogP contribution in [0.3, 0.4) is 0 Å². The summed E-state index contributed by atoms with van der Waals surface area (Å²) in [6.07, 6.45) is 0. The molecule has 9 aromatic carbocycles. The van der Waals surface area contributed by atoms with E-state index in [1.165, 1.54) is 10.8 Å². The highest BCUT2D eigenvalue weighted by atomic mass is 15.0. The minimum Gasteiger partial charge on any atom is -0.309 e. The fourth-order valence-corrected chi connectivity index (χ4v) is 7.94. The Balaban J connectivity index is 1.07. The number of hydrogen-bond acceptors (Lipinski definition) is 3. The molecule has 0 aliphatic rings. The number of aromatic nitrogens is 4. The van der Waals surface area contributed by atoms with Gasteiger partial charge in [0.1, 0.15) is 0 Å². The topological polar surface area (TPSA) is 43.6 Å². The summed E-state index contributed by atoms with van der Waals surface area (Å²) in [5.41, 5.74) is 7.70. The lowest BCUT2D eigenvalue weighted by Crippen LogP contribution is -2.00. The Morgan fingerprint density at radius 3 is 1.79 bits per heavy atom. The second-order valence-corrected chi connectivity index (χ2v) is 14.1. The summed E-state index contributed by atoms with van der Waals surface area (Å²) in [6.45, 7) is 0. The van der Waals surface area contributed by atoms with E-state index >= 15 is 0 Å². The second-order valence-electron chi connectivity index (χ2n) is 14.1. The predicted octanol–water partition coefficient (Wildman–Crippen LogP) is 13.6. The van der Waals surface area contributed by atoms with Gasteiger partial charge in [-0.15, -0.1) is 0 Å². The zero-order valence-electron chi connectivity index (χ0n) is 34.6. The van der Waals surface area contributed by atoms with Gasteiger partial charge in [-0.05, 0) is 86.2 Å². The smallest absolute Gasteiger partial charge is 0.164 e. The van der Waals surface area contributed by atoms with E-state index in [0.717, 1.165) is 60.5 Å². The maximum atomic E-state index is 9.65. The number of rotatable bonds is 6. The highest BCUT2D eigenvalue weighted by Gasteiger charge is 2.17. The molecule has 0 radical (unpaired) electrons. The summed E-state index contributed by atoms with van der Waals surface area (Å²) in [5.74, 6) is 0.835. The highest BCUT2D eigenvalue weighted by Crippen LogP contribution is 2.36. The lowest BCUT2D eigenvalue weighted by molar-refractivity contribution is 1.07. The van der Waals surface area contributed by atoms with Gasteiger partial charge in [-0.2, -0.15) is 0 Å². The summed E-state index contributed by atoms with van der Waals surface area (Å²) in [5, 5.41) is 6.50. The van der Waals surface area contributed by atoms with Crippen molar-refractivity contribution in [1.29, 1.82) is 0 Å². The lowest BCUT2D eigenvalue weighted by Gasteiger charge is -2.11. The molecule has 2 heterocycles. The fourth-order valence-electron chi connectivity index (χ4n) is 7.94. The molecule has 11 aromatic rings. The molecule has 266 valence electrons. The monoisotopic (exact) mass is 730 g/mol. The van der Waals surface area contributed by atoms with Crippen LogP contribution in [0.5, 0.6) is 0 Å². The molecule has 0 bridgehead atoms. The molecule has 0 spiro atoms. The van der Waals surface area contributed by atoms with Gasteiger partial charge in [0.05, 0.1) is 16.5 Å². The number of para-hydroxylation sites is 2. The van der Waals surface area contributed by atoms with Gasteiger partial charge in [-0.3, -0.25) is 0 Å². The standard InChI is InChI=1S/C53H34N4/c1-3-14-36(15-4-1)51-54-52(56-53(55-51)43-29-30-48-47-22-9-10-24-49(47)57(50(48)34-43)44-19-5-2-6-20-44)42-18-11-17-37(33-42)38-25-26-40-32-41(28-27-39(40)31-38)46-23-12-16-35-13-7-8-21-45(35)46/h1-34H/i11D,17D,18D,33D. The van der Waals surface area contributed by atoms with Crippen molar-refractivity contribution in [3.05, 3.63) is 206 Å². The summed E-state index contributed by atoms with van der Waals surface area (Å²) in [7, 11) is 0. The largest absolute Gasteiger partial charge is 0.309 e. The molecule has 0 N–H and O–H groups in total. The maximum Gasteiger partial charge on any atom is 0.164 e. The van der Waals surface area contributed by atoms with E-state index in [1.807, 2.05) is 91.0 Å². The molecule has 0 atom stereocenters. The van der Waals surface area contributed by atoms with Gasteiger partial charge in [-0.1, -0.05) is 164 Å². The van der Waals surface area contributed by atoms with Crippen LogP contribution in [-0.4, -0.2) is 19.5 Å². The minimum absolute atomic E-state index is 0.0720. The molecule has 0 aliphatic carbocycles. The number of hydrogen-bond donors (Lipinski definition) is 0. The zero-order valence-corrected chi connectivity index (χ0v) is 30.6. The molecule has 0 amide bonds. The predicted molar refractivity (Wildman–Crippen MR) is 236 cm³/mol. The highest BCUT2D eigenvalue weighted by molar-refractivity contribution is 6.10. The van der Waals surface area contributed by atoms with Crippen molar-refractivity contribution >= 4 is 43.4 Å². The van der Waals surface area contributed by atoms with Gasteiger partial charge in [0.2, 0.25) is 0 Å². The molecule has 0 saturated carbocycles. The molecular weight excluding hydrogens is 693 g/mol. The van der Waals surface area contributed by atoms with E-state index in [2.05, 4.69) is 95.6 Å². The molecule has 0 unspecified atom stereocenters. The third-order valence-corrected chi connectivity index (χ3v) is 10.7. The number of fused-ring (bicyclic) bond motifs is 5. The second kappa shape index (κ2) is 13.6. The third-order valence-electron chi connectivity index (χ3n) is 10.7. The first kappa shape index (κ1) is 28.7. The Morgan fingerprint density at radius 2 is 0.965 bits per heavy atom. The van der Waals surface area contributed by atoms with Crippen LogP contribution < -0.4 is 0 Å². The first-order valence-corrected chi connectivity index (χ1v) is 18.9. The lowest BCUT2D eigenvalue weighted by atomic mass is 9.94. The van der Waals surface area contributed by atoms with Gasteiger partial charge in [0.15, 0.2) is 17.5 Å². The van der Waals surface area contributed by atoms with Crippen molar-refractivity contribution in [2.75, 3.05) is 0 Å². The average Bonchev–Trinajstić information content (AvgIpc) is 3.65. The fraction of sp³-hybridized carbons (Fsp3) is 0. The Hall–Kier alpha value is -7.69. The van der Waals surface area contributed by atoms with Crippen LogP contribution in [0.4, 0.5) is 0 Å². The first-order chi connectivity index (χ1) is 29.9. The van der Waals surface area contributed by atoms with Gasteiger partial charge < -0.3 is 4.57 Å². The molecule has 4 nitrogen and oxygen atoms in total. The van der Waals surface area contributed by atoms with Crippen LogP contribution in [0.25, 0.3) is 105 Å². The Kier molecular flexibility index (Phi) is 6.83. The maximum absolute atomic E-state index is 9.65. The molecule has 0 saturated heterocycles. The van der Waals surface area contributed by atoms with Crippen LogP contribution in [-0.2, 0) is 0 Å². The van der Waals surface area contributed by atoms with E-state index in [4.69, 9.17) is 17.7 Å². The van der Waals surface area contributed by atoms with Crippen molar-refractivity contribution in [2.45, 2.75) is 0 Å². The van der Waals surface area contributed by atoms with Crippen LogP contribution in [0.2, 0.25) is 0 Å². The Labute approximate surface area is 335 Å². The summed E-state index contributed by atoms with van der Waals surface area (Å²) >= 11 is 0. The van der Waals surface area contributed by atoms with Gasteiger partial charge in [0, 0.05) is 33.2 Å². The molecule has 57 heavy (non-hydrogen) atoms. The Morgan fingerprint density at radius 1 is 0.368 bits per heavy atom. The minimum atomic E-state index is -0.301. The Bertz CT molecular complexity index is 3520. The van der Waals surface area contributed by atoms with Crippen molar-refractivity contribution in [1.82, 2.24) is 19.5 Å². The van der Waals surface area contributed by atoms with Crippen LogP contribution in [0.15, 0.2) is 206 Å². The third kappa shape index (κ3) is 5.83. The molecule has 2 aromatic heterocycles.